The Kier molecular flexibility index (Phi) is 8.25. The number of methoxy groups -OCH3 is 1. The Morgan fingerprint density at radius 2 is 1.88 bits per heavy atom. The van der Waals surface area contributed by atoms with Gasteiger partial charge >= 0.3 is 0 Å². The summed E-state index contributed by atoms with van der Waals surface area (Å²) in [5.74, 6) is -0.571. The van der Waals surface area contributed by atoms with E-state index in [-0.39, 0.29) is 43.9 Å². The number of carbonyl (C=O) groups is 3. The van der Waals surface area contributed by atoms with Crippen molar-refractivity contribution in [3.8, 4) is 0 Å². The van der Waals surface area contributed by atoms with Gasteiger partial charge in [-0.2, -0.15) is 0 Å². The molecule has 0 unspecified atom stereocenters. The number of hydrogen-bond acceptors (Lipinski definition) is 4. The summed E-state index contributed by atoms with van der Waals surface area (Å²) in [4.78, 5) is 43.1. The molecule has 8 heteroatoms. The molecule has 0 spiro atoms. The van der Waals surface area contributed by atoms with Crippen LogP contribution in [-0.4, -0.2) is 67.5 Å². The van der Waals surface area contributed by atoms with E-state index in [1.165, 1.54) is 4.90 Å². The number of nitrogens with zero attached hydrogens (tertiary/aromatic N) is 3. The molecule has 32 heavy (non-hydrogen) atoms. The van der Waals surface area contributed by atoms with Gasteiger partial charge in [0.15, 0.2) is 0 Å². The second kappa shape index (κ2) is 11.1. The van der Waals surface area contributed by atoms with Gasteiger partial charge in [-0.1, -0.05) is 48.0 Å². The van der Waals surface area contributed by atoms with E-state index in [9.17, 15) is 14.4 Å². The normalized spacial score (nSPS) is 13.5. The van der Waals surface area contributed by atoms with E-state index in [2.05, 4.69) is 0 Å². The summed E-state index contributed by atoms with van der Waals surface area (Å²) in [5, 5.41) is 0.566. The fraction of sp³-hybridized carbons (Fsp3) is 0.375. The lowest BCUT2D eigenvalue weighted by molar-refractivity contribution is -0.140. The van der Waals surface area contributed by atoms with Gasteiger partial charge in [0.25, 0.3) is 0 Å². The van der Waals surface area contributed by atoms with E-state index < -0.39 is 0 Å². The predicted octanol–water partition coefficient (Wildman–Crippen LogP) is 2.89. The molecule has 1 aliphatic heterocycles. The maximum atomic E-state index is 13.0. The van der Waals surface area contributed by atoms with E-state index in [1.807, 2.05) is 43.3 Å². The lowest BCUT2D eigenvalue weighted by Crippen LogP contribution is -2.43. The SMILES string of the molecule is COCCCN(CC(=O)N1CC(=O)N(c2cccc(Cl)c2C)C1)C(=O)Cc1ccccc1. The largest absolute Gasteiger partial charge is 0.385 e. The first-order chi connectivity index (χ1) is 15.4. The van der Waals surface area contributed by atoms with Crippen molar-refractivity contribution in [1.29, 1.82) is 0 Å². The number of carbonyl (C=O) groups excluding carboxylic acids is 3. The summed E-state index contributed by atoms with van der Waals surface area (Å²) < 4.78 is 5.10. The van der Waals surface area contributed by atoms with E-state index in [0.717, 1.165) is 11.1 Å². The molecule has 1 heterocycles. The Hall–Kier alpha value is -2.90. The van der Waals surface area contributed by atoms with E-state index in [0.29, 0.717) is 30.3 Å². The topological polar surface area (TPSA) is 70.2 Å². The van der Waals surface area contributed by atoms with Gasteiger partial charge in [-0.05, 0) is 36.6 Å². The molecule has 0 bridgehead atoms. The van der Waals surface area contributed by atoms with Crippen molar-refractivity contribution in [2.75, 3.05) is 44.9 Å². The van der Waals surface area contributed by atoms with Crippen LogP contribution < -0.4 is 4.90 Å². The molecule has 0 radical (unpaired) electrons. The molecule has 1 saturated heterocycles. The zero-order valence-corrected chi connectivity index (χ0v) is 19.2. The van der Waals surface area contributed by atoms with Crippen LogP contribution in [0.2, 0.25) is 5.02 Å². The van der Waals surface area contributed by atoms with Crippen LogP contribution >= 0.6 is 11.6 Å². The molecule has 2 aromatic rings. The highest BCUT2D eigenvalue weighted by molar-refractivity contribution is 6.31. The molecule has 3 amide bonds. The molecule has 3 rings (SSSR count). The maximum Gasteiger partial charge on any atom is 0.248 e. The number of benzene rings is 2. The van der Waals surface area contributed by atoms with Gasteiger partial charge in [0.1, 0.15) is 13.2 Å². The first-order valence-corrected chi connectivity index (χ1v) is 10.9. The molecule has 0 saturated carbocycles. The Labute approximate surface area is 193 Å². The van der Waals surface area contributed by atoms with Crippen LogP contribution in [-0.2, 0) is 25.5 Å². The van der Waals surface area contributed by atoms with Gasteiger partial charge in [-0.25, -0.2) is 0 Å². The predicted molar refractivity (Wildman–Crippen MR) is 123 cm³/mol. The van der Waals surface area contributed by atoms with Crippen molar-refractivity contribution < 1.29 is 19.1 Å². The highest BCUT2D eigenvalue weighted by Gasteiger charge is 2.33. The average molecular weight is 458 g/mol. The number of anilines is 1. The lowest BCUT2D eigenvalue weighted by atomic mass is 10.1. The molecule has 0 aliphatic carbocycles. The number of halogens is 1. The summed E-state index contributed by atoms with van der Waals surface area (Å²) in [6.07, 6.45) is 0.838. The summed E-state index contributed by atoms with van der Waals surface area (Å²) in [7, 11) is 1.60. The first-order valence-electron chi connectivity index (χ1n) is 10.5. The minimum absolute atomic E-state index is 0.0242. The standard InChI is InChI=1S/C24H28ClN3O4/c1-18-20(25)10-6-11-21(18)28-17-27(16-24(28)31)23(30)15-26(12-7-13-32-2)22(29)14-19-8-4-3-5-9-19/h3-6,8-11H,7,12-17H2,1-2H3. The van der Waals surface area contributed by atoms with Gasteiger partial charge in [0.05, 0.1) is 13.0 Å². The summed E-state index contributed by atoms with van der Waals surface area (Å²) in [6.45, 7) is 2.78. The lowest BCUT2D eigenvalue weighted by Gasteiger charge is -2.25. The van der Waals surface area contributed by atoms with Crippen LogP contribution in [0.5, 0.6) is 0 Å². The zero-order chi connectivity index (χ0) is 23.1. The number of hydrogen-bond donors (Lipinski definition) is 0. The Bertz CT molecular complexity index is 967. The van der Waals surface area contributed by atoms with Crippen LogP contribution in [0.1, 0.15) is 17.5 Å². The molecule has 1 aliphatic rings. The van der Waals surface area contributed by atoms with E-state index >= 15 is 0 Å². The highest BCUT2D eigenvalue weighted by atomic mass is 35.5. The quantitative estimate of drug-likeness (QED) is 0.543. The van der Waals surface area contributed by atoms with Crippen LogP contribution in [0.4, 0.5) is 5.69 Å². The fourth-order valence-electron chi connectivity index (χ4n) is 3.65. The monoisotopic (exact) mass is 457 g/mol. The van der Waals surface area contributed by atoms with Crippen molar-refractivity contribution in [1.82, 2.24) is 9.80 Å². The second-order valence-electron chi connectivity index (χ2n) is 7.76. The van der Waals surface area contributed by atoms with Crippen molar-refractivity contribution in [3.63, 3.8) is 0 Å². The minimum atomic E-state index is -0.264. The molecule has 170 valence electrons. The molecule has 0 atom stereocenters. The van der Waals surface area contributed by atoms with E-state index in [1.54, 1.807) is 29.0 Å². The second-order valence-corrected chi connectivity index (χ2v) is 8.17. The number of ether oxygens (including phenoxy) is 1. The van der Waals surface area contributed by atoms with E-state index in [4.69, 9.17) is 16.3 Å². The summed E-state index contributed by atoms with van der Waals surface area (Å²) >= 11 is 6.20. The highest BCUT2D eigenvalue weighted by Crippen LogP contribution is 2.28. The van der Waals surface area contributed by atoms with Gasteiger partial charge in [-0.15, -0.1) is 0 Å². The smallest absolute Gasteiger partial charge is 0.248 e. The minimum Gasteiger partial charge on any atom is -0.385 e. The molecule has 2 aromatic carbocycles. The molecule has 7 nitrogen and oxygen atoms in total. The third-order valence-electron chi connectivity index (χ3n) is 5.48. The van der Waals surface area contributed by atoms with Crippen LogP contribution in [0.3, 0.4) is 0 Å². The molecule has 0 N–H and O–H groups in total. The van der Waals surface area contributed by atoms with Gasteiger partial charge in [0, 0.05) is 31.0 Å². The van der Waals surface area contributed by atoms with Crippen LogP contribution in [0.25, 0.3) is 0 Å². The first kappa shape index (κ1) is 23.8. The Morgan fingerprint density at radius 1 is 1.12 bits per heavy atom. The summed E-state index contributed by atoms with van der Waals surface area (Å²) in [6, 6.07) is 14.8. The van der Waals surface area contributed by atoms with Crippen LogP contribution in [0, 0.1) is 6.92 Å². The maximum absolute atomic E-state index is 13.0. The number of amides is 3. The Morgan fingerprint density at radius 3 is 2.59 bits per heavy atom. The van der Waals surface area contributed by atoms with Gasteiger partial charge in [0.2, 0.25) is 17.7 Å². The number of rotatable bonds is 9. The molecule has 1 fully saturated rings. The van der Waals surface area contributed by atoms with Crippen molar-refractivity contribution >= 4 is 35.0 Å². The third-order valence-corrected chi connectivity index (χ3v) is 5.88. The van der Waals surface area contributed by atoms with Gasteiger partial charge < -0.3 is 14.5 Å². The zero-order valence-electron chi connectivity index (χ0n) is 18.4. The molecule has 0 aromatic heterocycles. The van der Waals surface area contributed by atoms with Crippen molar-refractivity contribution in [3.05, 3.63) is 64.7 Å². The fourth-order valence-corrected chi connectivity index (χ4v) is 3.82. The van der Waals surface area contributed by atoms with Crippen molar-refractivity contribution in [2.24, 2.45) is 0 Å². The summed E-state index contributed by atoms with van der Waals surface area (Å²) in [5.41, 5.74) is 2.37. The van der Waals surface area contributed by atoms with Crippen molar-refractivity contribution in [2.45, 2.75) is 19.8 Å². The third kappa shape index (κ3) is 5.87. The molecular formula is C24H28ClN3O4. The average Bonchev–Trinajstić information content (AvgIpc) is 3.17. The Balaban J connectivity index is 1.67. The van der Waals surface area contributed by atoms with Gasteiger partial charge in [-0.3, -0.25) is 19.3 Å². The molecular weight excluding hydrogens is 430 g/mol. The van der Waals surface area contributed by atoms with Crippen LogP contribution in [0.15, 0.2) is 48.5 Å².